The number of pyridine rings is 1. The van der Waals surface area contributed by atoms with E-state index in [4.69, 9.17) is 22.6 Å². The number of halogens is 4. The third-order valence-corrected chi connectivity index (χ3v) is 2.51. The van der Waals surface area contributed by atoms with Gasteiger partial charge in [0.25, 0.3) is 0 Å². The van der Waals surface area contributed by atoms with Crippen LogP contribution in [0.25, 0.3) is 5.82 Å². The minimum atomic E-state index is -4.53. The van der Waals surface area contributed by atoms with Crippen molar-refractivity contribution in [1.82, 2.24) is 14.8 Å². The van der Waals surface area contributed by atoms with Crippen LogP contribution in [0.1, 0.15) is 11.1 Å². The molecule has 0 aliphatic heterocycles. The molecule has 0 fully saturated rings. The number of nitrogen functional groups attached to an aromatic ring is 1. The first-order chi connectivity index (χ1) is 8.82. The summed E-state index contributed by atoms with van der Waals surface area (Å²) in [7, 11) is 0. The Morgan fingerprint density at radius 3 is 2.58 bits per heavy atom. The molecule has 0 bridgehead atoms. The minimum absolute atomic E-state index is 0.0390. The molecule has 0 saturated carbocycles. The van der Waals surface area contributed by atoms with Crippen LogP contribution < -0.4 is 5.73 Å². The highest BCUT2D eigenvalue weighted by Crippen LogP contribution is 2.31. The Morgan fingerprint density at radius 1 is 1.42 bits per heavy atom. The van der Waals surface area contributed by atoms with Crippen LogP contribution in [0.15, 0.2) is 18.5 Å². The molecule has 0 saturated heterocycles. The number of hydrogen-bond donors (Lipinski definition) is 1. The molecule has 0 spiro atoms. The monoisotopic (exact) mass is 287 g/mol. The summed E-state index contributed by atoms with van der Waals surface area (Å²) in [5.74, 6) is -0.0943. The van der Waals surface area contributed by atoms with E-state index in [1.54, 1.807) is 6.07 Å². The molecule has 0 radical (unpaired) electrons. The van der Waals surface area contributed by atoms with Crippen molar-refractivity contribution < 1.29 is 13.2 Å². The van der Waals surface area contributed by atoms with E-state index < -0.39 is 11.7 Å². The summed E-state index contributed by atoms with van der Waals surface area (Å²) in [5, 5.41) is 12.2. The second-order valence-corrected chi connectivity index (χ2v) is 3.92. The lowest BCUT2D eigenvalue weighted by Crippen LogP contribution is -2.08. The summed E-state index contributed by atoms with van der Waals surface area (Å²) in [6.45, 7) is 0. The summed E-state index contributed by atoms with van der Waals surface area (Å²) >= 11 is 5.73. The topological polar surface area (TPSA) is 80.5 Å². The second-order valence-electron chi connectivity index (χ2n) is 3.51. The third kappa shape index (κ3) is 2.46. The number of anilines is 1. The van der Waals surface area contributed by atoms with Crippen LogP contribution in [0.3, 0.4) is 0 Å². The van der Waals surface area contributed by atoms with E-state index in [2.05, 4.69) is 10.1 Å². The maximum atomic E-state index is 12.4. The fraction of sp³-hybridized carbons (Fsp3) is 0.100. The molecule has 2 heterocycles. The first-order valence-electron chi connectivity index (χ1n) is 4.81. The van der Waals surface area contributed by atoms with Gasteiger partial charge in [0.15, 0.2) is 11.6 Å². The molecule has 0 amide bonds. The van der Waals surface area contributed by atoms with Gasteiger partial charge >= 0.3 is 6.18 Å². The van der Waals surface area contributed by atoms with Gasteiger partial charge in [0.05, 0.1) is 16.8 Å². The van der Waals surface area contributed by atoms with Crippen LogP contribution in [-0.4, -0.2) is 14.8 Å². The molecular formula is C10H5ClF3N5. The minimum Gasteiger partial charge on any atom is -0.381 e. The molecule has 2 aromatic rings. The molecule has 0 unspecified atom stereocenters. The SMILES string of the molecule is N#Cc1cn(-c2ncc(C(F)(F)F)cc2Cl)nc1N. The Bertz CT molecular complexity index is 671. The maximum Gasteiger partial charge on any atom is 0.417 e. The molecule has 2 aromatic heterocycles. The van der Waals surface area contributed by atoms with E-state index in [1.807, 2.05) is 0 Å². The summed E-state index contributed by atoms with van der Waals surface area (Å²) < 4.78 is 38.4. The highest BCUT2D eigenvalue weighted by Gasteiger charge is 2.31. The lowest BCUT2D eigenvalue weighted by molar-refractivity contribution is -0.137. The van der Waals surface area contributed by atoms with Gasteiger partial charge in [-0.15, -0.1) is 5.10 Å². The molecule has 2 rings (SSSR count). The van der Waals surface area contributed by atoms with Crippen molar-refractivity contribution in [3.63, 3.8) is 0 Å². The summed E-state index contributed by atoms with van der Waals surface area (Å²) in [6, 6.07) is 2.51. The number of nitrogens with two attached hydrogens (primary N) is 1. The second kappa shape index (κ2) is 4.44. The Balaban J connectivity index is 2.49. The predicted molar refractivity (Wildman–Crippen MR) is 60.5 cm³/mol. The fourth-order valence-electron chi connectivity index (χ4n) is 1.34. The molecule has 98 valence electrons. The quantitative estimate of drug-likeness (QED) is 0.873. The fourth-order valence-corrected chi connectivity index (χ4v) is 1.59. The van der Waals surface area contributed by atoms with Gasteiger partial charge in [0.2, 0.25) is 0 Å². The first kappa shape index (κ1) is 13.2. The Hall–Kier alpha value is -2.27. The number of alkyl halides is 3. The van der Waals surface area contributed by atoms with Gasteiger partial charge in [-0.1, -0.05) is 11.6 Å². The molecule has 0 aliphatic rings. The van der Waals surface area contributed by atoms with Crippen LogP contribution >= 0.6 is 11.6 Å². The molecule has 19 heavy (non-hydrogen) atoms. The standard InChI is InChI=1S/C10H5ClF3N5/c11-7-1-6(10(12,13)14)3-17-9(7)19-4-5(2-15)8(16)18-19/h1,3-4H,(H2,16,18). The van der Waals surface area contributed by atoms with Crippen molar-refractivity contribution in [3.8, 4) is 11.9 Å². The smallest absolute Gasteiger partial charge is 0.381 e. The van der Waals surface area contributed by atoms with E-state index in [9.17, 15) is 13.2 Å². The van der Waals surface area contributed by atoms with Crippen LogP contribution in [0.2, 0.25) is 5.02 Å². The van der Waals surface area contributed by atoms with Gasteiger partial charge in [-0.25, -0.2) is 9.67 Å². The van der Waals surface area contributed by atoms with Crippen molar-refractivity contribution in [2.75, 3.05) is 5.73 Å². The number of aromatic nitrogens is 3. The Kier molecular flexibility index (Phi) is 3.08. The number of rotatable bonds is 1. The number of nitriles is 1. The lowest BCUT2D eigenvalue weighted by Gasteiger charge is -2.08. The molecule has 5 nitrogen and oxygen atoms in total. The predicted octanol–water partition coefficient (Wildman–Crippen LogP) is 2.39. The number of hydrogen-bond acceptors (Lipinski definition) is 4. The van der Waals surface area contributed by atoms with E-state index >= 15 is 0 Å². The maximum absolute atomic E-state index is 12.4. The van der Waals surface area contributed by atoms with Crippen LogP contribution in [0.4, 0.5) is 19.0 Å². The highest BCUT2D eigenvalue weighted by molar-refractivity contribution is 6.32. The zero-order chi connectivity index (χ0) is 14.2. The number of nitrogens with zero attached hydrogens (tertiary/aromatic N) is 4. The van der Waals surface area contributed by atoms with E-state index in [1.165, 1.54) is 6.20 Å². The van der Waals surface area contributed by atoms with Gasteiger partial charge in [-0.05, 0) is 6.07 Å². The molecule has 0 aliphatic carbocycles. The molecule has 0 atom stereocenters. The Labute approximate surface area is 110 Å². The van der Waals surface area contributed by atoms with E-state index in [-0.39, 0.29) is 22.2 Å². The highest BCUT2D eigenvalue weighted by atomic mass is 35.5. The van der Waals surface area contributed by atoms with Crippen LogP contribution in [-0.2, 0) is 6.18 Å². The van der Waals surface area contributed by atoms with Crippen molar-refractivity contribution in [2.24, 2.45) is 0 Å². The largest absolute Gasteiger partial charge is 0.417 e. The van der Waals surface area contributed by atoms with Crippen molar-refractivity contribution in [1.29, 1.82) is 5.26 Å². The van der Waals surface area contributed by atoms with Gasteiger partial charge in [0.1, 0.15) is 11.6 Å². The molecule has 0 aromatic carbocycles. The average molecular weight is 288 g/mol. The van der Waals surface area contributed by atoms with Crippen LogP contribution in [0.5, 0.6) is 0 Å². The normalized spacial score (nSPS) is 11.3. The van der Waals surface area contributed by atoms with Crippen LogP contribution in [0, 0.1) is 11.3 Å². The van der Waals surface area contributed by atoms with Gasteiger partial charge in [-0.3, -0.25) is 0 Å². The molecule has 2 N–H and O–H groups in total. The van der Waals surface area contributed by atoms with Gasteiger partial charge < -0.3 is 5.73 Å². The summed E-state index contributed by atoms with van der Waals surface area (Å²) in [4.78, 5) is 3.59. The van der Waals surface area contributed by atoms with Crippen molar-refractivity contribution in [2.45, 2.75) is 6.18 Å². The Morgan fingerprint density at radius 2 is 2.11 bits per heavy atom. The molecular weight excluding hydrogens is 283 g/mol. The van der Waals surface area contributed by atoms with E-state index in [0.717, 1.165) is 10.7 Å². The zero-order valence-corrected chi connectivity index (χ0v) is 9.87. The van der Waals surface area contributed by atoms with Crippen molar-refractivity contribution >= 4 is 17.4 Å². The summed E-state index contributed by atoms with van der Waals surface area (Å²) in [6.07, 6.45) is -2.67. The van der Waals surface area contributed by atoms with E-state index in [0.29, 0.717) is 6.20 Å². The van der Waals surface area contributed by atoms with Gasteiger partial charge in [0, 0.05) is 6.20 Å². The molecule has 9 heteroatoms. The van der Waals surface area contributed by atoms with Gasteiger partial charge in [-0.2, -0.15) is 18.4 Å². The van der Waals surface area contributed by atoms with Crippen molar-refractivity contribution in [3.05, 3.63) is 34.6 Å². The lowest BCUT2D eigenvalue weighted by atomic mass is 10.3. The third-order valence-electron chi connectivity index (χ3n) is 2.23. The first-order valence-corrected chi connectivity index (χ1v) is 5.19. The summed E-state index contributed by atoms with van der Waals surface area (Å²) in [5.41, 5.74) is 4.54. The average Bonchev–Trinajstić information content (AvgIpc) is 2.69. The zero-order valence-electron chi connectivity index (χ0n) is 9.11.